The maximum Gasteiger partial charge on any atom is 0.342 e. The van der Waals surface area contributed by atoms with Crippen LogP contribution in [0.15, 0.2) is 12.1 Å². The number of carbonyl (C=O) groups excluding carboxylic acids is 1. The molecular formula is C13H18ClNO4. The Morgan fingerprint density at radius 1 is 1.37 bits per heavy atom. The molecule has 0 bridgehead atoms. The van der Waals surface area contributed by atoms with Crippen LogP contribution < -0.4 is 10.5 Å². The fraction of sp³-hybridized carbons (Fsp3) is 0.462. The van der Waals surface area contributed by atoms with Gasteiger partial charge in [-0.3, -0.25) is 0 Å². The zero-order valence-corrected chi connectivity index (χ0v) is 11.8. The number of halogens is 1. The predicted octanol–water partition coefficient (Wildman–Crippen LogP) is 2.51. The van der Waals surface area contributed by atoms with E-state index in [1.165, 1.54) is 12.1 Å². The topological polar surface area (TPSA) is 70.8 Å². The summed E-state index contributed by atoms with van der Waals surface area (Å²) in [6.45, 7) is 2.96. The Bertz CT molecular complexity index is 437. The van der Waals surface area contributed by atoms with Gasteiger partial charge >= 0.3 is 5.97 Å². The third-order valence-electron chi connectivity index (χ3n) is 2.30. The second-order valence-electron chi connectivity index (χ2n) is 3.79. The molecule has 0 spiro atoms. The van der Waals surface area contributed by atoms with E-state index in [2.05, 4.69) is 0 Å². The average molecular weight is 288 g/mol. The van der Waals surface area contributed by atoms with E-state index in [4.69, 9.17) is 31.5 Å². The molecule has 5 nitrogen and oxygen atoms in total. The highest BCUT2D eigenvalue weighted by Gasteiger charge is 2.18. The molecule has 19 heavy (non-hydrogen) atoms. The summed E-state index contributed by atoms with van der Waals surface area (Å²) in [6.07, 6.45) is 0.694. The van der Waals surface area contributed by atoms with E-state index in [0.29, 0.717) is 36.1 Å². The molecule has 0 heterocycles. The van der Waals surface area contributed by atoms with Gasteiger partial charge in [0.15, 0.2) is 5.75 Å². The van der Waals surface area contributed by atoms with Gasteiger partial charge in [0.25, 0.3) is 0 Å². The number of benzene rings is 1. The number of hydrogen-bond donors (Lipinski definition) is 1. The zero-order chi connectivity index (χ0) is 14.3. The Balaban J connectivity index is 2.90. The fourth-order valence-corrected chi connectivity index (χ4v) is 1.78. The number of anilines is 1. The van der Waals surface area contributed by atoms with E-state index in [1.807, 2.05) is 0 Å². The van der Waals surface area contributed by atoms with Crippen LogP contribution in [0.1, 0.15) is 23.7 Å². The van der Waals surface area contributed by atoms with Crippen molar-refractivity contribution in [2.75, 3.05) is 32.7 Å². The highest BCUT2D eigenvalue weighted by Crippen LogP contribution is 2.32. The molecule has 0 aromatic heterocycles. The van der Waals surface area contributed by atoms with Gasteiger partial charge in [-0.05, 0) is 19.1 Å². The normalized spacial score (nSPS) is 10.3. The largest absolute Gasteiger partial charge is 0.491 e. The van der Waals surface area contributed by atoms with Crippen LogP contribution in [0.25, 0.3) is 0 Å². The standard InChI is InChI=1S/C13H18ClNO4/c1-3-18-13(16)10-7-9(15)8-11(14)12(10)19-6-4-5-17-2/h7-8H,3-6,15H2,1-2H3. The molecular weight excluding hydrogens is 270 g/mol. The van der Waals surface area contributed by atoms with Crippen molar-refractivity contribution in [1.82, 2.24) is 0 Å². The van der Waals surface area contributed by atoms with Gasteiger partial charge < -0.3 is 19.9 Å². The molecule has 1 aromatic rings. The predicted molar refractivity (Wildman–Crippen MR) is 73.8 cm³/mol. The van der Waals surface area contributed by atoms with Crippen molar-refractivity contribution in [1.29, 1.82) is 0 Å². The number of ether oxygens (including phenoxy) is 3. The van der Waals surface area contributed by atoms with Crippen LogP contribution in [0.2, 0.25) is 5.02 Å². The number of nitrogen functional groups attached to an aromatic ring is 1. The van der Waals surface area contributed by atoms with Crippen LogP contribution in [0.5, 0.6) is 5.75 Å². The van der Waals surface area contributed by atoms with Gasteiger partial charge in [-0.2, -0.15) is 0 Å². The first-order valence-corrected chi connectivity index (χ1v) is 6.35. The Morgan fingerprint density at radius 2 is 2.11 bits per heavy atom. The smallest absolute Gasteiger partial charge is 0.342 e. The van der Waals surface area contributed by atoms with Crippen LogP contribution in [-0.2, 0) is 9.47 Å². The first-order chi connectivity index (χ1) is 9.10. The first-order valence-electron chi connectivity index (χ1n) is 5.98. The summed E-state index contributed by atoms with van der Waals surface area (Å²) in [5, 5.41) is 0.292. The molecule has 6 heteroatoms. The molecule has 0 fully saturated rings. The van der Waals surface area contributed by atoms with Gasteiger partial charge in [0.1, 0.15) is 5.56 Å². The summed E-state index contributed by atoms with van der Waals surface area (Å²) in [5.41, 5.74) is 6.30. The molecule has 1 aromatic carbocycles. The first kappa shape index (κ1) is 15.6. The van der Waals surface area contributed by atoms with Gasteiger partial charge in [0, 0.05) is 25.8 Å². The van der Waals surface area contributed by atoms with Gasteiger partial charge in [-0.1, -0.05) is 11.6 Å². The molecule has 0 aliphatic rings. The van der Waals surface area contributed by atoms with Crippen molar-refractivity contribution in [2.45, 2.75) is 13.3 Å². The lowest BCUT2D eigenvalue weighted by Crippen LogP contribution is -2.10. The maximum atomic E-state index is 11.8. The van der Waals surface area contributed by atoms with Crippen LogP contribution in [-0.4, -0.2) is 32.9 Å². The third-order valence-corrected chi connectivity index (χ3v) is 2.58. The number of hydrogen-bond acceptors (Lipinski definition) is 5. The maximum absolute atomic E-state index is 11.8. The van der Waals surface area contributed by atoms with Crippen molar-refractivity contribution in [3.8, 4) is 5.75 Å². The summed E-state index contributed by atoms with van der Waals surface area (Å²) >= 11 is 6.05. The average Bonchev–Trinajstić information content (AvgIpc) is 2.36. The van der Waals surface area contributed by atoms with Crippen LogP contribution in [0, 0.1) is 0 Å². The van der Waals surface area contributed by atoms with Crippen molar-refractivity contribution in [3.05, 3.63) is 22.7 Å². The molecule has 0 unspecified atom stereocenters. The minimum atomic E-state index is -0.501. The molecule has 0 atom stereocenters. The van der Waals surface area contributed by atoms with Gasteiger partial charge in [0.2, 0.25) is 0 Å². The number of nitrogens with two attached hydrogens (primary N) is 1. The van der Waals surface area contributed by atoms with E-state index in [9.17, 15) is 4.79 Å². The number of esters is 1. The summed E-state index contributed by atoms with van der Waals surface area (Å²) in [4.78, 5) is 11.8. The Kier molecular flexibility index (Phi) is 6.45. The second-order valence-corrected chi connectivity index (χ2v) is 4.20. The molecule has 0 saturated heterocycles. The Morgan fingerprint density at radius 3 is 2.74 bits per heavy atom. The van der Waals surface area contributed by atoms with E-state index >= 15 is 0 Å². The highest BCUT2D eigenvalue weighted by atomic mass is 35.5. The summed E-state index contributed by atoms with van der Waals surface area (Å²) in [7, 11) is 1.61. The lowest BCUT2D eigenvalue weighted by Gasteiger charge is -2.13. The van der Waals surface area contributed by atoms with Crippen molar-refractivity contribution >= 4 is 23.3 Å². The Labute approximate surface area is 117 Å². The van der Waals surface area contributed by atoms with E-state index in [-0.39, 0.29) is 12.2 Å². The van der Waals surface area contributed by atoms with Crippen LogP contribution in [0.3, 0.4) is 0 Å². The molecule has 0 aliphatic carbocycles. The van der Waals surface area contributed by atoms with Crippen molar-refractivity contribution in [3.63, 3.8) is 0 Å². The minimum Gasteiger partial charge on any atom is -0.491 e. The summed E-state index contributed by atoms with van der Waals surface area (Å²) in [5.74, 6) is -0.205. The molecule has 106 valence electrons. The van der Waals surface area contributed by atoms with Crippen LogP contribution in [0.4, 0.5) is 5.69 Å². The number of carbonyl (C=O) groups is 1. The fourth-order valence-electron chi connectivity index (χ4n) is 1.50. The molecule has 0 radical (unpaired) electrons. The number of methoxy groups -OCH3 is 1. The van der Waals surface area contributed by atoms with Crippen LogP contribution >= 0.6 is 11.6 Å². The molecule has 2 N–H and O–H groups in total. The summed E-state index contributed by atoms with van der Waals surface area (Å²) in [6, 6.07) is 3.03. The quantitative estimate of drug-likeness (QED) is 0.474. The minimum absolute atomic E-state index is 0.240. The molecule has 0 aliphatic heterocycles. The lowest BCUT2D eigenvalue weighted by atomic mass is 10.2. The van der Waals surface area contributed by atoms with Crippen molar-refractivity contribution < 1.29 is 19.0 Å². The lowest BCUT2D eigenvalue weighted by molar-refractivity contribution is 0.0521. The van der Waals surface area contributed by atoms with E-state index in [1.54, 1.807) is 14.0 Å². The Hall–Kier alpha value is -1.46. The summed E-state index contributed by atoms with van der Waals surface area (Å²) < 4.78 is 15.4. The number of rotatable bonds is 7. The van der Waals surface area contributed by atoms with Gasteiger partial charge in [-0.15, -0.1) is 0 Å². The van der Waals surface area contributed by atoms with E-state index in [0.717, 1.165) is 0 Å². The van der Waals surface area contributed by atoms with Gasteiger partial charge in [0.05, 0.1) is 18.2 Å². The third kappa shape index (κ3) is 4.61. The molecule has 1 rings (SSSR count). The SMILES string of the molecule is CCOC(=O)c1cc(N)cc(Cl)c1OCCCOC. The highest BCUT2D eigenvalue weighted by molar-refractivity contribution is 6.33. The molecule has 0 amide bonds. The van der Waals surface area contributed by atoms with Gasteiger partial charge in [-0.25, -0.2) is 4.79 Å². The monoisotopic (exact) mass is 287 g/mol. The molecule has 0 saturated carbocycles. The zero-order valence-electron chi connectivity index (χ0n) is 11.1. The van der Waals surface area contributed by atoms with E-state index < -0.39 is 5.97 Å². The van der Waals surface area contributed by atoms with Crippen molar-refractivity contribution in [2.24, 2.45) is 0 Å². The second kappa shape index (κ2) is 7.86.